The average molecular weight is 230 g/mol. The largest absolute Gasteiger partial charge is 0.367 e. The predicted octanol–water partition coefficient (Wildman–Crippen LogP) is 0.986. The average Bonchev–Trinajstić information content (AvgIpc) is 2.35. The number of pyridine rings is 1. The minimum Gasteiger partial charge on any atom is -0.367 e. The SMILES string of the molecule is CN1CCC(Nc2ccc(C#N)cn2)CC1=O. The summed E-state index contributed by atoms with van der Waals surface area (Å²) in [5.41, 5.74) is 0.537. The molecule has 2 heterocycles. The van der Waals surface area contributed by atoms with Gasteiger partial charge in [-0.25, -0.2) is 4.98 Å². The zero-order valence-electron chi connectivity index (χ0n) is 9.68. The van der Waals surface area contributed by atoms with E-state index in [9.17, 15) is 4.79 Å². The number of hydrogen-bond donors (Lipinski definition) is 1. The van der Waals surface area contributed by atoms with E-state index in [-0.39, 0.29) is 11.9 Å². The Morgan fingerprint density at radius 2 is 2.41 bits per heavy atom. The van der Waals surface area contributed by atoms with Crippen molar-refractivity contribution in [2.75, 3.05) is 18.9 Å². The van der Waals surface area contributed by atoms with E-state index in [1.54, 1.807) is 17.0 Å². The molecule has 0 aliphatic carbocycles. The fourth-order valence-corrected chi connectivity index (χ4v) is 1.82. The van der Waals surface area contributed by atoms with Crippen molar-refractivity contribution in [3.63, 3.8) is 0 Å². The highest BCUT2D eigenvalue weighted by molar-refractivity contribution is 5.77. The maximum Gasteiger partial charge on any atom is 0.224 e. The van der Waals surface area contributed by atoms with Gasteiger partial charge in [-0.15, -0.1) is 0 Å². The molecule has 0 bridgehead atoms. The molecule has 1 aromatic heterocycles. The van der Waals surface area contributed by atoms with Crippen LogP contribution in [0.15, 0.2) is 18.3 Å². The third-order valence-corrected chi connectivity index (χ3v) is 2.90. The normalized spacial score (nSPS) is 19.9. The number of piperidine rings is 1. The first kappa shape index (κ1) is 11.4. The maximum absolute atomic E-state index is 11.5. The molecule has 1 aliphatic rings. The highest BCUT2D eigenvalue weighted by Gasteiger charge is 2.23. The van der Waals surface area contributed by atoms with Gasteiger partial charge in [-0.3, -0.25) is 4.79 Å². The maximum atomic E-state index is 11.5. The van der Waals surface area contributed by atoms with Crippen LogP contribution in [0.3, 0.4) is 0 Å². The summed E-state index contributed by atoms with van der Waals surface area (Å²) >= 11 is 0. The van der Waals surface area contributed by atoms with Gasteiger partial charge in [0, 0.05) is 32.3 Å². The van der Waals surface area contributed by atoms with Crippen molar-refractivity contribution in [2.24, 2.45) is 0 Å². The van der Waals surface area contributed by atoms with Crippen LogP contribution in [0.5, 0.6) is 0 Å². The van der Waals surface area contributed by atoms with Crippen LogP contribution in [0.2, 0.25) is 0 Å². The smallest absolute Gasteiger partial charge is 0.224 e. The number of carbonyl (C=O) groups is 1. The first-order valence-corrected chi connectivity index (χ1v) is 5.55. The molecule has 0 aromatic carbocycles. The molecule has 1 unspecified atom stereocenters. The van der Waals surface area contributed by atoms with Gasteiger partial charge in [-0.1, -0.05) is 0 Å². The lowest BCUT2D eigenvalue weighted by Crippen LogP contribution is -2.41. The molecule has 2 rings (SSSR count). The number of anilines is 1. The number of likely N-dealkylation sites (tertiary alicyclic amines) is 1. The van der Waals surface area contributed by atoms with Crippen LogP contribution < -0.4 is 5.32 Å². The standard InChI is InChI=1S/C12H14N4O/c1-16-5-4-10(6-12(16)17)15-11-3-2-9(7-13)8-14-11/h2-3,8,10H,4-6H2,1H3,(H,14,15). The number of nitrogens with zero attached hydrogens (tertiary/aromatic N) is 3. The van der Waals surface area contributed by atoms with E-state index in [2.05, 4.69) is 10.3 Å². The number of rotatable bonds is 2. The van der Waals surface area contributed by atoms with Crippen molar-refractivity contribution in [2.45, 2.75) is 18.9 Å². The first-order valence-electron chi connectivity index (χ1n) is 5.55. The third-order valence-electron chi connectivity index (χ3n) is 2.90. The molecule has 1 aliphatic heterocycles. The van der Waals surface area contributed by atoms with E-state index < -0.39 is 0 Å². The molecule has 17 heavy (non-hydrogen) atoms. The lowest BCUT2D eigenvalue weighted by molar-refractivity contribution is -0.132. The summed E-state index contributed by atoms with van der Waals surface area (Å²) in [6.07, 6.45) is 2.95. The van der Waals surface area contributed by atoms with E-state index in [1.165, 1.54) is 6.20 Å². The Hall–Kier alpha value is -2.09. The van der Waals surface area contributed by atoms with Gasteiger partial charge in [0.2, 0.25) is 5.91 Å². The number of nitrogens with one attached hydrogen (secondary N) is 1. The van der Waals surface area contributed by atoms with Crippen molar-refractivity contribution >= 4 is 11.7 Å². The van der Waals surface area contributed by atoms with E-state index in [4.69, 9.17) is 5.26 Å². The molecule has 1 amide bonds. The Morgan fingerprint density at radius 1 is 1.59 bits per heavy atom. The van der Waals surface area contributed by atoms with Crippen LogP contribution in [0.4, 0.5) is 5.82 Å². The van der Waals surface area contributed by atoms with E-state index in [0.29, 0.717) is 17.8 Å². The predicted molar refractivity (Wildman–Crippen MR) is 63.2 cm³/mol. The minimum atomic E-state index is 0.138. The molecule has 1 atom stereocenters. The second kappa shape index (κ2) is 4.83. The van der Waals surface area contributed by atoms with Gasteiger partial charge >= 0.3 is 0 Å². The molecule has 1 fully saturated rings. The summed E-state index contributed by atoms with van der Waals surface area (Å²) in [7, 11) is 1.82. The van der Waals surface area contributed by atoms with Crippen LogP contribution in [0.1, 0.15) is 18.4 Å². The molecule has 1 aromatic rings. The molecule has 0 spiro atoms. The number of aromatic nitrogens is 1. The Balaban J connectivity index is 1.97. The molecule has 5 nitrogen and oxygen atoms in total. The van der Waals surface area contributed by atoms with Crippen molar-refractivity contribution in [3.05, 3.63) is 23.9 Å². The molecule has 1 saturated heterocycles. The van der Waals surface area contributed by atoms with Crippen LogP contribution in [-0.2, 0) is 4.79 Å². The van der Waals surface area contributed by atoms with Crippen molar-refractivity contribution in [1.82, 2.24) is 9.88 Å². The number of amides is 1. The lowest BCUT2D eigenvalue weighted by Gasteiger charge is -2.29. The zero-order chi connectivity index (χ0) is 12.3. The molecule has 88 valence electrons. The van der Waals surface area contributed by atoms with Gasteiger partial charge in [0.25, 0.3) is 0 Å². The highest BCUT2D eigenvalue weighted by atomic mass is 16.2. The Morgan fingerprint density at radius 3 is 3.00 bits per heavy atom. The lowest BCUT2D eigenvalue weighted by atomic mass is 10.1. The Kier molecular flexibility index (Phi) is 3.24. The van der Waals surface area contributed by atoms with Crippen LogP contribution in [-0.4, -0.2) is 35.4 Å². The van der Waals surface area contributed by atoms with Gasteiger partial charge in [-0.2, -0.15) is 5.26 Å². The van der Waals surface area contributed by atoms with E-state index in [1.807, 2.05) is 13.1 Å². The fourth-order valence-electron chi connectivity index (χ4n) is 1.82. The molecular weight excluding hydrogens is 216 g/mol. The molecular formula is C12H14N4O. The molecule has 0 saturated carbocycles. The van der Waals surface area contributed by atoms with E-state index >= 15 is 0 Å². The van der Waals surface area contributed by atoms with Crippen LogP contribution >= 0.6 is 0 Å². The first-order chi connectivity index (χ1) is 8.19. The minimum absolute atomic E-state index is 0.138. The van der Waals surface area contributed by atoms with Gasteiger partial charge in [0.15, 0.2) is 0 Å². The Labute approximate surface area is 100 Å². The summed E-state index contributed by atoms with van der Waals surface area (Å²) in [6, 6.07) is 5.64. The van der Waals surface area contributed by atoms with Crippen molar-refractivity contribution < 1.29 is 4.79 Å². The van der Waals surface area contributed by atoms with Crippen molar-refractivity contribution in [1.29, 1.82) is 5.26 Å². The summed E-state index contributed by atoms with van der Waals surface area (Å²) in [5.74, 6) is 0.869. The molecule has 1 N–H and O–H groups in total. The monoisotopic (exact) mass is 230 g/mol. The second-order valence-corrected chi connectivity index (χ2v) is 4.19. The summed E-state index contributed by atoms with van der Waals surface area (Å²) in [4.78, 5) is 17.4. The summed E-state index contributed by atoms with van der Waals surface area (Å²) in [5, 5.41) is 11.9. The van der Waals surface area contributed by atoms with Gasteiger partial charge in [0.05, 0.1) is 5.56 Å². The quantitative estimate of drug-likeness (QED) is 0.822. The molecule has 5 heteroatoms. The van der Waals surface area contributed by atoms with Gasteiger partial charge in [0.1, 0.15) is 11.9 Å². The topological polar surface area (TPSA) is 69.0 Å². The second-order valence-electron chi connectivity index (χ2n) is 4.19. The third kappa shape index (κ3) is 2.72. The Bertz CT molecular complexity index is 449. The molecule has 0 radical (unpaired) electrons. The van der Waals surface area contributed by atoms with Gasteiger partial charge < -0.3 is 10.2 Å². The number of hydrogen-bond acceptors (Lipinski definition) is 4. The van der Waals surface area contributed by atoms with Crippen LogP contribution in [0.25, 0.3) is 0 Å². The van der Waals surface area contributed by atoms with Crippen molar-refractivity contribution in [3.8, 4) is 6.07 Å². The fraction of sp³-hybridized carbons (Fsp3) is 0.417. The number of nitriles is 1. The highest BCUT2D eigenvalue weighted by Crippen LogP contribution is 2.15. The van der Waals surface area contributed by atoms with Crippen LogP contribution in [0, 0.1) is 11.3 Å². The summed E-state index contributed by atoms with van der Waals surface area (Å²) < 4.78 is 0. The summed E-state index contributed by atoms with van der Waals surface area (Å²) in [6.45, 7) is 0.771. The zero-order valence-corrected chi connectivity index (χ0v) is 9.68. The van der Waals surface area contributed by atoms with E-state index in [0.717, 1.165) is 13.0 Å². The number of carbonyl (C=O) groups excluding carboxylic acids is 1. The van der Waals surface area contributed by atoms with Gasteiger partial charge in [-0.05, 0) is 18.6 Å².